The normalized spacial score (nSPS) is 16.3. The highest BCUT2D eigenvalue weighted by molar-refractivity contribution is 7.99. The number of aryl methyl sites for hydroxylation is 1. The van der Waals surface area contributed by atoms with Crippen LogP contribution in [0, 0.1) is 18.3 Å². The van der Waals surface area contributed by atoms with E-state index < -0.39 is 12.1 Å². The Morgan fingerprint density at radius 2 is 1.84 bits per heavy atom. The van der Waals surface area contributed by atoms with Gasteiger partial charge in [-0.3, -0.25) is 14.4 Å². The second kappa shape index (κ2) is 10.1. The number of rotatable bonds is 6. The van der Waals surface area contributed by atoms with Crippen LogP contribution in [0.15, 0.2) is 48.5 Å². The van der Waals surface area contributed by atoms with Crippen molar-refractivity contribution in [2.24, 2.45) is 0 Å². The van der Waals surface area contributed by atoms with E-state index in [1.165, 1.54) is 18.7 Å². The lowest BCUT2D eigenvalue weighted by Crippen LogP contribution is -2.45. The molecule has 2 atom stereocenters. The zero-order valence-electron chi connectivity index (χ0n) is 17.4. The Kier molecular flexibility index (Phi) is 7.32. The number of anilines is 1. The van der Waals surface area contributed by atoms with Crippen LogP contribution < -0.4 is 10.6 Å². The average molecular weight is 437 g/mol. The molecular weight excluding hydrogens is 412 g/mol. The third-order valence-electron chi connectivity index (χ3n) is 5.02. The third-order valence-corrected chi connectivity index (χ3v) is 6.03. The molecule has 8 heteroatoms. The molecule has 2 N–H and O–H groups in total. The molecule has 2 unspecified atom stereocenters. The maximum absolute atomic E-state index is 13.1. The van der Waals surface area contributed by atoms with Crippen molar-refractivity contribution in [1.29, 1.82) is 5.26 Å². The summed E-state index contributed by atoms with van der Waals surface area (Å²) in [5.41, 5.74) is 3.02. The zero-order valence-corrected chi connectivity index (χ0v) is 18.2. The Balaban J connectivity index is 1.69. The number of nitriles is 1. The summed E-state index contributed by atoms with van der Waals surface area (Å²) < 4.78 is 0. The lowest BCUT2D eigenvalue weighted by atomic mass is 10.0. The quantitative estimate of drug-likeness (QED) is 0.725. The molecule has 0 radical (unpaired) electrons. The second-order valence-electron chi connectivity index (χ2n) is 7.43. The topological polar surface area (TPSA) is 102 Å². The molecule has 0 aliphatic carbocycles. The van der Waals surface area contributed by atoms with E-state index in [0.717, 1.165) is 11.1 Å². The zero-order chi connectivity index (χ0) is 22.4. The van der Waals surface area contributed by atoms with Crippen molar-refractivity contribution in [2.45, 2.75) is 32.4 Å². The minimum absolute atomic E-state index is 0.0733. The molecule has 3 rings (SSSR count). The van der Waals surface area contributed by atoms with Gasteiger partial charge >= 0.3 is 0 Å². The number of carbonyl (C=O) groups excluding carboxylic acids is 3. The maximum Gasteiger partial charge on any atom is 0.248 e. The summed E-state index contributed by atoms with van der Waals surface area (Å²) >= 11 is 1.52. The van der Waals surface area contributed by atoms with Crippen molar-refractivity contribution >= 4 is 35.2 Å². The Hall–Kier alpha value is -3.31. The smallest absolute Gasteiger partial charge is 0.248 e. The molecule has 1 fully saturated rings. The number of nitrogens with one attached hydrogen (secondary N) is 2. The van der Waals surface area contributed by atoms with Crippen LogP contribution in [0.25, 0.3) is 0 Å². The van der Waals surface area contributed by atoms with Gasteiger partial charge in [-0.1, -0.05) is 29.8 Å². The molecule has 0 saturated carbocycles. The third kappa shape index (κ3) is 5.86. The molecule has 7 nitrogen and oxygen atoms in total. The fourth-order valence-corrected chi connectivity index (χ4v) is 4.53. The summed E-state index contributed by atoms with van der Waals surface area (Å²) in [6.45, 7) is 3.39. The first-order chi connectivity index (χ1) is 14.9. The number of thioether (sulfide) groups is 1. The average Bonchev–Trinajstić information content (AvgIpc) is 3.24. The Bertz CT molecular complexity index is 999. The first-order valence-electron chi connectivity index (χ1n) is 9.89. The monoisotopic (exact) mass is 436 g/mol. The fraction of sp³-hybridized carbons (Fsp3) is 0.304. The van der Waals surface area contributed by atoms with Gasteiger partial charge in [0.05, 0.1) is 30.0 Å². The predicted molar refractivity (Wildman–Crippen MR) is 120 cm³/mol. The van der Waals surface area contributed by atoms with Crippen LogP contribution >= 0.6 is 11.8 Å². The van der Waals surface area contributed by atoms with Crippen molar-refractivity contribution in [1.82, 2.24) is 10.2 Å². The van der Waals surface area contributed by atoms with Crippen LogP contribution in [-0.2, 0) is 14.4 Å². The molecule has 1 heterocycles. The highest BCUT2D eigenvalue weighted by Gasteiger charge is 2.35. The number of carbonyl (C=O) groups is 3. The highest BCUT2D eigenvalue weighted by Crippen LogP contribution is 2.26. The van der Waals surface area contributed by atoms with Crippen LogP contribution in [0.4, 0.5) is 5.69 Å². The molecule has 160 valence electrons. The van der Waals surface area contributed by atoms with Gasteiger partial charge in [-0.2, -0.15) is 5.26 Å². The van der Waals surface area contributed by atoms with Crippen molar-refractivity contribution in [3.8, 4) is 6.07 Å². The van der Waals surface area contributed by atoms with E-state index in [1.54, 1.807) is 29.2 Å². The number of amides is 3. The molecule has 31 heavy (non-hydrogen) atoms. The van der Waals surface area contributed by atoms with Gasteiger partial charge in [-0.15, -0.1) is 11.8 Å². The molecule has 0 aromatic heterocycles. The van der Waals surface area contributed by atoms with Crippen molar-refractivity contribution in [3.63, 3.8) is 0 Å². The van der Waals surface area contributed by atoms with Gasteiger partial charge in [-0.25, -0.2) is 0 Å². The molecule has 1 aliphatic heterocycles. The number of benzene rings is 2. The second-order valence-corrected chi connectivity index (χ2v) is 8.43. The van der Waals surface area contributed by atoms with Crippen LogP contribution in [0.2, 0.25) is 0 Å². The largest absolute Gasteiger partial charge is 0.349 e. The lowest BCUT2D eigenvalue weighted by Gasteiger charge is -2.26. The van der Waals surface area contributed by atoms with E-state index >= 15 is 0 Å². The standard InChI is InChI=1S/C23H24N4O3S/c1-15-3-7-18(8-4-15)20(25-16(2)28)11-22(29)27-14-31-13-21(27)23(30)26-19-9-5-17(12-24)6-10-19/h3-10,20-21H,11,13-14H2,1-2H3,(H,25,28)(H,26,30). The number of hydrogen-bond acceptors (Lipinski definition) is 5. The Morgan fingerprint density at radius 1 is 1.16 bits per heavy atom. The van der Waals surface area contributed by atoms with Gasteiger partial charge in [0.1, 0.15) is 6.04 Å². The lowest BCUT2D eigenvalue weighted by molar-refractivity contribution is -0.136. The molecule has 2 aromatic carbocycles. The molecule has 2 aromatic rings. The van der Waals surface area contributed by atoms with Gasteiger partial charge < -0.3 is 15.5 Å². The summed E-state index contributed by atoms with van der Waals surface area (Å²) in [6.07, 6.45) is 0.0733. The fourth-order valence-electron chi connectivity index (χ4n) is 3.35. The van der Waals surface area contributed by atoms with E-state index in [4.69, 9.17) is 5.26 Å². The van der Waals surface area contributed by atoms with Crippen molar-refractivity contribution < 1.29 is 14.4 Å². The van der Waals surface area contributed by atoms with E-state index in [2.05, 4.69) is 10.6 Å². The first-order valence-corrected chi connectivity index (χ1v) is 11.0. The van der Waals surface area contributed by atoms with Gasteiger partial charge in [0.25, 0.3) is 0 Å². The molecule has 0 spiro atoms. The highest BCUT2D eigenvalue weighted by atomic mass is 32.2. The maximum atomic E-state index is 13.1. The molecular formula is C23H24N4O3S. The summed E-state index contributed by atoms with van der Waals surface area (Å²) in [7, 11) is 0. The van der Waals surface area contributed by atoms with Gasteiger partial charge in [0.2, 0.25) is 17.7 Å². The Morgan fingerprint density at radius 3 is 2.45 bits per heavy atom. The van der Waals surface area contributed by atoms with E-state index in [-0.39, 0.29) is 24.1 Å². The van der Waals surface area contributed by atoms with E-state index in [0.29, 0.717) is 22.9 Å². The number of hydrogen-bond donors (Lipinski definition) is 2. The molecule has 1 aliphatic rings. The molecule has 0 bridgehead atoms. The van der Waals surface area contributed by atoms with Crippen molar-refractivity contribution in [2.75, 3.05) is 16.9 Å². The minimum atomic E-state index is -0.593. The van der Waals surface area contributed by atoms with Crippen molar-refractivity contribution in [3.05, 3.63) is 65.2 Å². The summed E-state index contributed by atoms with van der Waals surface area (Å²) in [6, 6.07) is 15.2. The van der Waals surface area contributed by atoms with E-state index in [9.17, 15) is 14.4 Å². The van der Waals surface area contributed by atoms with Crippen LogP contribution in [-0.4, -0.2) is 40.3 Å². The SMILES string of the molecule is CC(=O)NC(CC(=O)N1CSCC1C(=O)Nc1ccc(C#N)cc1)c1ccc(C)cc1. The van der Waals surface area contributed by atoms with E-state index in [1.807, 2.05) is 37.3 Å². The van der Waals surface area contributed by atoms with Crippen LogP contribution in [0.1, 0.15) is 36.1 Å². The van der Waals surface area contributed by atoms with Gasteiger partial charge in [0, 0.05) is 18.4 Å². The first kappa shape index (κ1) is 22.4. The summed E-state index contributed by atoms with van der Waals surface area (Å²) in [5, 5.41) is 14.6. The van der Waals surface area contributed by atoms with Crippen LogP contribution in [0.5, 0.6) is 0 Å². The minimum Gasteiger partial charge on any atom is -0.349 e. The predicted octanol–water partition coefficient (Wildman–Crippen LogP) is 2.97. The van der Waals surface area contributed by atoms with Gasteiger partial charge in [0.15, 0.2) is 0 Å². The number of nitrogens with zero attached hydrogens (tertiary/aromatic N) is 2. The molecule has 3 amide bonds. The Labute approximate surface area is 185 Å². The van der Waals surface area contributed by atoms with Gasteiger partial charge in [-0.05, 0) is 36.8 Å². The van der Waals surface area contributed by atoms with Crippen LogP contribution in [0.3, 0.4) is 0 Å². The molecule has 1 saturated heterocycles. The summed E-state index contributed by atoms with van der Waals surface area (Å²) in [4.78, 5) is 39.1. The summed E-state index contributed by atoms with van der Waals surface area (Å²) in [5.74, 6) is 0.247.